The van der Waals surface area contributed by atoms with Gasteiger partial charge in [0.15, 0.2) is 0 Å². The zero-order valence-corrected chi connectivity index (χ0v) is 12.9. The molecule has 3 aromatic rings. The third-order valence-electron chi connectivity index (χ3n) is 3.59. The largest absolute Gasteiger partial charge is 0.326 e. The summed E-state index contributed by atoms with van der Waals surface area (Å²) in [6.45, 7) is 3.74. The lowest BCUT2D eigenvalue weighted by Gasteiger charge is -2.04. The average Bonchev–Trinajstić information content (AvgIpc) is 2.93. The molecule has 2 heterocycles. The number of amides is 1. The zero-order chi connectivity index (χ0) is 16.4. The molecular weight excluding hydrogens is 292 g/mol. The number of fused-ring (bicyclic) bond motifs is 1. The molecule has 3 rings (SSSR count). The molecule has 0 radical (unpaired) electrons. The van der Waals surface area contributed by atoms with Gasteiger partial charge < -0.3 is 5.32 Å². The van der Waals surface area contributed by atoms with Crippen molar-refractivity contribution in [3.63, 3.8) is 0 Å². The van der Waals surface area contributed by atoms with Gasteiger partial charge in [0.05, 0.1) is 0 Å². The first-order valence-corrected chi connectivity index (χ1v) is 7.34. The predicted octanol–water partition coefficient (Wildman–Crippen LogP) is 4.06. The molecule has 0 saturated heterocycles. The van der Waals surface area contributed by atoms with Gasteiger partial charge in [-0.05, 0) is 35.9 Å². The number of anilines is 1. The number of nitrogens with zero attached hydrogens (tertiary/aromatic N) is 3. The highest BCUT2D eigenvalue weighted by atomic mass is 16.3. The topological polar surface area (TPSA) is 75.8 Å². The number of hydrogen-bond acceptors (Lipinski definition) is 4. The predicted molar refractivity (Wildman–Crippen MR) is 89.7 cm³/mol. The van der Waals surface area contributed by atoms with Crippen LogP contribution in [0.4, 0.5) is 11.5 Å². The summed E-state index contributed by atoms with van der Waals surface area (Å²) in [5.41, 5.74) is 3.70. The maximum absolute atomic E-state index is 11.4. The molecule has 0 fully saturated rings. The van der Waals surface area contributed by atoms with Gasteiger partial charge in [-0.1, -0.05) is 25.1 Å². The van der Waals surface area contributed by atoms with Crippen LogP contribution in [-0.2, 0) is 4.79 Å². The number of nitroso groups, excluding NO2 is 1. The second kappa shape index (κ2) is 6.00. The standard InChI is InChI=1S/C17H16N4O2/c1-3-15(22)18-13-7-5-12(6-8-13)16-17(20-23)21-10-11(2)4-9-14(21)19-16/h4-10H,3H2,1-2H3,(H,18,22). The van der Waals surface area contributed by atoms with Crippen molar-refractivity contribution in [3.8, 4) is 11.3 Å². The molecule has 6 heteroatoms. The second-order valence-electron chi connectivity index (χ2n) is 5.29. The van der Waals surface area contributed by atoms with E-state index < -0.39 is 0 Å². The molecule has 2 aromatic heterocycles. The van der Waals surface area contributed by atoms with Crippen LogP contribution in [0.1, 0.15) is 18.9 Å². The highest BCUT2D eigenvalue weighted by molar-refractivity contribution is 5.90. The summed E-state index contributed by atoms with van der Waals surface area (Å²) in [5, 5.41) is 5.92. The molecule has 23 heavy (non-hydrogen) atoms. The molecule has 0 saturated carbocycles. The van der Waals surface area contributed by atoms with E-state index in [1.165, 1.54) is 0 Å². The van der Waals surface area contributed by atoms with Crippen molar-refractivity contribution < 1.29 is 4.79 Å². The molecule has 0 bridgehead atoms. The van der Waals surface area contributed by atoms with E-state index in [4.69, 9.17) is 0 Å². The molecule has 0 spiro atoms. The molecule has 1 aromatic carbocycles. The molecular formula is C17H16N4O2. The Hall–Kier alpha value is -3.02. The number of carbonyl (C=O) groups excluding carboxylic acids is 1. The average molecular weight is 308 g/mol. The van der Waals surface area contributed by atoms with Crippen LogP contribution in [0.15, 0.2) is 47.8 Å². The fraction of sp³-hybridized carbons (Fsp3) is 0.176. The summed E-state index contributed by atoms with van der Waals surface area (Å²) in [4.78, 5) is 27.2. The van der Waals surface area contributed by atoms with Gasteiger partial charge in [-0.25, -0.2) is 4.98 Å². The van der Waals surface area contributed by atoms with E-state index in [-0.39, 0.29) is 11.7 Å². The molecule has 1 N–H and O–H groups in total. The van der Waals surface area contributed by atoms with Gasteiger partial charge in [-0.3, -0.25) is 9.20 Å². The Morgan fingerprint density at radius 2 is 1.96 bits per heavy atom. The molecule has 0 atom stereocenters. The van der Waals surface area contributed by atoms with Crippen molar-refractivity contribution in [2.24, 2.45) is 5.18 Å². The molecule has 0 unspecified atom stereocenters. The number of imidazole rings is 1. The smallest absolute Gasteiger partial charge is 0.224 e. The van der Waals surface area contributed by atoms with Gasteiger partial charge in [-0.2, -0.15) is 0 Å². The van der Waals surface area contributed by atoms with Crippen LogP contribution in [0.3, 0.4) is 0 Å². The normalized spacial score (nSPS) is 10.7. The first-order valence-electron chi connectivity index (χ1n) is 7.34. The lowest BCUT2D eigenvalue weighted by Crippen LogP contribution is -2.08. The minimum absolute atomic E-state index is 0.0452. The van der Waals surface area contributed by atoms with E-state index in [9.17, 15) is 9.70 Å². The number of benzene rings is 1. The number of nitrogens with one attached hydrogen (secondary N) is 1. The molecule has 0 aliphatic carbocycles. The molecule has 0 aliphatic rings. The quantitative estimate of drug-likeness (QED) is 0.738. The Balaban J connectivity index is 2.03. The van der Waals surface area contributed by atoms with Crippen LogP contribution >= 0.6 is 0 Å². The van der Waals surface area contributed by atoms with Crippen molar-refractivity contribution >= 4 is 23.1 Å². The van der Waals surface area contributed by atoms with Crippen molar-refractivity contribution in [2.75, 3.05) is 5.32 Å². The number of aromatic nitrogens is 2. The van der Waals surface area contributed by atoms with E-state index in [2.05, 4.69) is 15.5 Å². The number of aryl methyl sites for hydroxylation is 1. The summed E-state index contributed by atoms with van der Waals surface area (Å²) < 4.78 is 1.68. The Labute approximate surface area is 133 Å². The number of hydrogen-bond donors (Lipinski definition) is 1. The lowest BCUT2D eigenvalue weighted by atomic mass is 10.1. The van der Waals surface area contributed by atoms with Crippen LogP contribution < -0.4 is 5.32 Å². The number of rotatable bonds is 4. The molecule has 1 amide bonds. The van der Waals surface area contributed by atoms with Crippen molar-refractivity contribution in [2.45, 2.75) is 20.3 Å². The summed E-state index contributed by atoms with van der Waals surface area (Å²) in [6, 6.07) is 11.0. The highest BCUT2D eigenvalue weighted by Gasteiger charge is 2.15. The number of carbonyl (C=O) groups is 1. The Morgan fingerprint density at radius 1 is 1.22 bits per heavy atom. The Kier molecular flexibility index (Phi) is 3.89. The maximum atomic E-state index is 11.4. The first-order chi connectivity index (χ1) is 11.1. The van der Waals surface area contributed by atoms with E-state index >= 15 is 0 Å². The van der Waals surface area contributed by atoms with Crippen LogP contribution in [0, 0.1) is 11.8 Å². The molecule has 6 nitrogen and oxygen atoms in total. The van der Waals surface area contributed by atoms with Gasteiger partial charge in [-0.15, -0.1) is 4.91 Å². The van der Waals surface area contributed by atoms with Crippen molar-refractivity contribution in [3.05, 3.63) is 53.1 Å². The highest BCUT2D eigenvalue weighted by Crippen LogP contribution is 2.31. The van der Waals surface area contributed by atoms with Gasteiger partial charge in [0.2, 0.25) is 11.7 Å². The van der Waals surface area contributed by atoms with Gasteiger partial charge in [0, 0.05) is 23.9 Å². The van der Waals surface area contributed by atoms with E-state index in [0.717, 1.165) is 11.1 Å². The van der Waals surface area contributed by atoms with Crippen molar-refractivity contribution in [1.82, 2.24) is 9.38 Å². The van der Waals surface area contributed by atoms with E-state index in [1.54, 1.807) is 23.5 Å². The zero-order valence-electron chi connectivity index (χ0n) is 12.9. The first kappa shape index (κ1) is 14.9. The fourth-order valence-electron chi connectivity index (χ4n) is 2.38. The Morgan fingerprint density at radius 3 is 2.61 bits per heavy atom. The third kappa shape index (κ3) is 2.83. The maximum Gasteiger partial charge on any atom is 0.224 e. The van der Waals surface area contributed by atoms with Crippen LogP contribution in [0.25, 0.3) is 16.9 Å². The van der Waals surface area contributed by atoms with Crippen LogP contribution in [-0.4, -0.2) is 15.3 Å². The summed E-state index contributed by atoms with van der Waals surface area (Å²) in [5.74, 6) is 0.227. The molecule has 116 valence electrons. The lowest BCUT2D eigenvalue weighted by molar-refractivity contribution is -0.115. The summed E-state index contributed by atoms with van der Waals surface area (Å²) in [7, 11) is 0. The monoisotopic (exact) mass is 308 g/mol. The summed E-state index contributed by atoms with van der Waals surface area (Å²) >= 11 is 0. The SMILES string of the molecule is CCC(=O)Nc1ccc(-c2nc3ccc(C)cn3c2N=O)cc1. The summed E-state index contributed by atoms with van der Waals surface area (Å²) in [6.07, 6.45) is 2.26. The van der Waals surface area contributed by atoms with Gasteiger partial charge in [0.25, 0.3) is 0 Å². The third-order valence-corrected chi connectivity index (χ3v) is 3.59. The second-order valence-corrected chi connectivity index (χ2v) is 5.29. The van der Waals surface area contributed by atoms with E-state index in [1.807, 2.05) is 37.4 Å². The van der Waals surface area contributed by atoms with Crippen LogP contribution in [0.5, 0.6) is 0 Å². The minimum atomic E-state index is -0.0452. The van der Waals surface area contributed by atoms with Gasteiger partial charge in [0.1, 0.15) is 11.3 Å². The van der Waals surface area contributed by atoms with Crippen molar-refractivity contribution in [1.29, 1.82) is 0 Å². The Bertz CT molecular complexity index is 881. The van der Waals surface area contributed by atoms with Gasteiger partial charge >= 0.3 is 0 Å². The minimum Gasteiger partial charge on any atom is -0.326 e. The fourth-order valence-corrected chi connectivity index (χ4v) is 2.38. The van der Waals surface area contributed by atoms with Crippen LogP contribution in [0.2, 0.25) is 0 Å². The molecule has 0 aliphatic heterocycles. The number of pyridine rings is 1. The van der Waals surface area contributed by atoms with E-state index in [0.29, 0.717) is 23.4 Å².